The van der Waals surface area contributed by atoms with Gasteiger partial charge in [-0.15, -0.1) is 0 Å². The van der Waals surface area contributed by atoms with E-state index in [9.17, 15) is 13.2 Å². The molecule has 8 heteroatoms. The summed E-state index contributed by atoms with van der Waals surface area (Å²) in [7, 11) is -3.50. The number of nitrogens with one attached hydrogen (secondary N) is 2. The van der Waals surface area contributed by atoms with Gasteiger partial charge in [-0.3, -0.25) is 14.5 Å². The molecule has 7 nitrogen and oxygen atoms in total. The molecule has 25 heavy (non-hydrogen) atoms. The van der Waals surface area contributed by atoms with Crippen LogP contribution in [-0.2, 0) is 14.8 Å². The Kier molecular flexibility index (Phi) is 5.39. The molecule has 1 amide bonds. The van der Waals surface area contributed by atoms with Gasteiger partial charge in [-0.1, -0.05) is 18.6 Å². The molecule has 3 rings (SSSR count). The van der Waals surface area contributed by atoms with E-state index >= 15 is 0 Å². The molecular formula is C17H24N4O3S. The molecule has 0 aromatic heterocycles. The maximum absolute atomic E-state index is 12.0. The van der Waals surface area contributed by atoms with Gasteiger partial charge in [0.05, 0.1) is 4.90 Å². The highest BCUT2D eigenvalue weighted by molar-refractivity contribution is 7.90. The zero-order valence-corrected chi connectivity index (χ0v) is 14.9. The van der Waals surface area contributed by atoms with E-state index in [1.54, 1.807) is 24.3 Å². The van der Waals surface area contributed by atoms with Crippen LogP contribution in [0.4, 0.5) is 0 Å². The van der Waals surface area contributed by atoms with Crippen LogP contribution >= 0.6 is 0 Å². The van der Waals surface area contributed by atoms with Gasteiger partial charge in [-0.25, -0.2) is 8.42 Å². The summed E-state index contributed by atoms with van der Waals surface area (Å²) in [4.78, 5) is 16.6. The lowest BCUT2D eigenvalue weighted by molar-refractivity contribution is -0.122. The molecule has 1 aromatic carbocycles. The number of benzene rings is 1. The molecule has 4 N–H and O–H groups in total. The smallest absolute Gasteiger partial charge is 0.263 e. The Morgan fingerprint density at radius 3 is 2.92 bits per heavy atom. The fourth-order valence-electron chi connectivity index (χ4n) is 3.47. The molecule has 2 atom stereocenters. The summed E-state index contributed by atoms with van der Waals surface area (Å²) in [6, 6.07) is 6.94. The van der Waals surface area contributed by atoms with Crippen LogP contribution < -0.4 is 15.8 Å². The van der Waals surface area contributed by atoms with Crippen LogP contribution in [0.15, 0.2) is 34.2 Å². The van der Waals surface area contributed by atoms with Crippen LogP contribution in [0.1, 0.15) is 37.7 Å². The molecule has 0 saturated heterocycles. The monoisotopic (exact) mass is 364 g/mol. The highest BCUT2D eigenvalue weighted by atomic mass is 32.2. The molecule has 2 unspecified atom stereocenters. The minimum Gasteiger partial charge on any atom is -0.353 e. The summed E-state index contributed by atoms with van der Waals surface area (Å²) in [6.45, 7) is 1.00. The number of carbonyl (C=O) groups is 1. The van der Waals surface area contributed by atoms with E-state index in [-0.39, 0.29) is 16.8 Å². The summed E-state index contributed by atoms with van der Waals surface area (Å²) in [6.07, 6.45) is 4.13. The molecule has 1 aliphatic heterocycles. The first-order chi connectivity index (χ1) is 12.0. The summed E-state index contributed by atoms with van der Waals surface area (Å²) in [5.74, 6) is 0.751. The van der Waals surface area contributed by atoms with Gasteiger partial charge < -0.3 is 11.1 Å². The highest BCUT2D eigenvalue weighted by Gasteiger charge is 2.30. The van der Waals surface area contributed by atoms with Gasteiger partial charge in [0.15, 0.2) is 0 Å². The Bertz CT molecular complexity index is 776. The normalized spacial score (nSPS) is 25.6. The largest absolute Gasteiger partial charge is 0.353 e. The van der Waals surface area contributed by atoms with Crippen molar-refractivity contribution in [2.75, 3.05) is 13.1 Å². The fourth-order valence-corrected chi connectivity index (χ4v) is 4.72. The first-order valence-corrected chi connectivity index (χ1v) is 10.2. The van der Waals surface area contributed by atoms with Crippen LogP contribution in [0.3, 0.4) is 0 Å². The van der Waals surface area contributed by atoms with Crippen molar-refractivity contribution in [2.24, 2.45) is 16.6 Å². The van der Waals surface area contributed by atoms with Gasteiger partial charge in [0.25, 0.3) is 10.0 Å². The minimum absolute atomic E-state index is 0.0120. The molecule has 1 fully saturated rings. The zero-order chi connectivity index (χ0) is 17.9. The molecule has 0 bridgehead atoms. The lowest BCUT2D eigenvalue weighted by Gasteiger charge is -2.19. The number of nitrogens with two attached hydrogens (primary N) is 1. The first kappa shape index (κ1) is 17.9. The summed E-state index contributed by atoms with van der Waals surface area (Å²) >= 11 is 0. The van der Waals surface area contributed by atoms with Crippen molar-refractivity contribution in [3.05, 3.63) is 29.8 Å². The third kappa shape index (κ3) is 4.01. The number of amidine groups is 1. The van der Waals surface area contributed by atoms with E-state index in [0.29, 0.717) is 43.2 Å². The quantitative estimate of drug-likeness (QED) is 0.646. The number of carbonyl (C=O) groups excluding carboxylic acids is 1. The Morgan fingerprint density at radius 1 is 1.32 bits per heavy atom. The van der Waals surface area contributed by atoms with Crippen molar-refractivity contribution in [1.29, 1.82) is 0 Å². The van der Waals surface area contributed by atoms with Crippen LogP contribution in [0.25, 0.3) is 0 Å². The molecule has 2 aliphatic rings. The second-order valence-electron chi connectivity index (χ2n) is 6.54. The number of rotatable bonds is 6. The van der Waals surface area contributed by atoms with E-state index in [1.165, 1.54) is 0 Å². The van der Waals surface area contributed by atoms with Crippen LogP contribution in [-0.4, -0.2) is 39.3 Å². The van der Waals surface area contributed by atoms with Crippen molar-refractivity contribution in [3.63, 3.8) is 0 Å². The van der Waals surface area contributed by atoms with Gasteiger partial charge >= 0.3 is 0 Å². The minimum atomic E-state index is -3.50. The maximum atomic E-state index is 12.0. The van der Waals surface area contributed by atoms with Crippen LogP contribution in [0, 0.1) is 5.92 Å². The Morgan fingerprint density at radius 2 is 2.12 bits per heavy atom. The molecule has 0 radical (unpaired) electrons. The Balaban J connectivity index is 1.50. The lowest BCUT2D eigenvalue weighted by Crippen LogP contribution is -2.39. The average molecular weight is 364 g/mol. The van der Waals surface area contributed by atoms with Gasteiger partial charge in [-0.05, 0) is 43.9 Å². The van der Waals surface area contributed by atoms with Gasteiger partial charge in [0, 0.05) is 24.6 Å². The van der Waals surface area contributed by atoms with Crippen molar-refractivity contribution in [1.82, 2.24) is 10.0 Å². The number of fused-ring (bicyclic) bond motifs is 1. The molecule has 1 aromatic rings. The van der Waals surface area contributed by atoms with Crippen molar-refractivity contribution in [2.45, 2.75) is 43.0 Å². The van der Waals surface area contributed by atoms with E-state index in [1.807, 2.05) is 0 Å². The number of sulfonamides is 1. The number of aliphatic imine (C=N–C) groups is 1. The standard InChI is InChI=1S/C17H24N4O3S/c18-11-12-5-3-7-14(12)20-16(22)9-4-10-19-17-13-6-1-2-8-15(13)25(23,24)21-17/h1-2,6,8,12,14H,3-5,7,9-11,18H2,(H,19,21)(H,20,22). The van der Waals surface area contributed by atoms with E-state index in [2.05, 4.69) is 15.0 Å². The lowest BCUT2D eigenvalue weighted by atomic mass is 10.0. The van der Waals surface area contributed by atoms with Crippen molar-refractivity contribution < 1.29 is 13.2 Å². The average Bonchev–Trinajstić information content (AvgIpc) is 3.14. The highest BCUT2D eigenvalue weighted by Crippen LogP contribution is 2.25. The number of hydrogen-bond acceptors (Lipinski definition) is 5. The third-order valence-electron chi connectivity index (χ3n) is 4.80. The maximum Gasteiger partial charge on any atom is 0.263 e. The molecule has 1 aliphatic carbocycles. The summed E-state index contributed by atoms with van der Waals surface area (Å²) in [5, 5.41) is 3.06. The number of nitrogens with zero attached hydrogens (tertiary/aromatic N) is 1. The third-order valence-corrected chi connectivity index (χ3v) is 6.20. The van der Waals surface area contributed by atoms with Crippen LogP contribution in [0.5, 0.6) is 0 Å². The van der Waals surface area contributed by atoms with Crippen LogP contribution in [0.2, 0.25) is 0 Å². The van der Waals surface area contributed by atoms with E-state index < -0.39 is 10.0 Å². The topological polar surface area (TPSA) is 114 Å². The number of hydrogen-bond donors (Lipinski definition) is 3. The van der Waals surface area contributed by atoms with E-state index in [0.717, 1.165) is 19.3 Å². The second kappa shape index (κ2) is 7.53. The second-order valence-corrected chi connectivity index (χ2v) is 8.19. The predicted octanol–water partition coefficient (Wildman–Crippen LogP) is 0.749. The predicted molar refractivity (Wildman–Crippen MR) is 95.7 cm³/mol. The Hall–Kier alpha value is -1.93. The van der Waals surface area contributed by atoms with Gasteiger partial charge in [-0.2, -0.15) is 0 Å². The van der Waals surface area contributed by atoms with Crippen molar-refractivity contribution >= 4 is 21.8 Å². The Labute approximate surface area is 148 Å². The summed E-state index contributed by atoms with van der Waals surface area (Å²) < 4.78 is 26.4. The fraction of sp³-hybridized carbons (Fsp3) is 0.529. The SMILES string of the molecule is NCC1CCCC1NC(=O)CCCN=C1NS(=O)(=O)c2ccccc21. The number of amides is 1. The van der Waals surface area contributed by atoms with E-state index in [4.69, 9.17) is 5.73 Å². The first-order valence-electron chi connectivity index (χ1n) is 8.67. The van der Waals surface area contributed by atoms with Crippen molar-refractivity contribution in [3.8, 4) is 0 Å². The molecule has 136 valence electrons. The van der Waals surface area contributed by atoms with Gasteiger partial charge in [0.2, 0.25) is 5.91 Å². The molecule has 1 saturated carbocycles. The molecule has 1 heterocycles. The van der Waals surface area contributed by atoms with Gasteiger partial charge in [0.1, 0.15) is 5.84 Å². The zero-order valence-electron chi connectivity index (χ0n) is 14.1. The summed E-state index contributed by atoms with van der Waals surface area (Å²) in [5.41, 5.74) is 6.31. The molecule has 0 spiro atoms. The molecular weight excluding hydrogens is 340 g/mol.